The Morgan fingerprint density at radius 3 is 2.45 bits per heavy atom. The second kappa shape index (κ2) is 9.63. The summed E-state index contributed by atoms with van der Waals surface area (Å²) in [4.78, 5) is 27.8. The number of carbonyl (C=O) groups is 2. The van der Waals surface area contributed by atoms with Crippen molar-refractivity contribution >= 4 is 22.4 Å². The number of hydrogen-bond donors (Lipinski definition) is 2. The summed E-state index contributed by atoms with van der Waals surface area (Å²) in [5, 5.41) is 14.0. The van der Waals surface area contributed by atoms with Crippen molar-refractivity contribution in [2.45, 2.75) is 44.1 Å². The van der Waals surface area contributed by atoms with Gasteiger partial charge in [-0.05, 0) is 32.6 Å². The summed E-state index contributed by atoms with van der Waals surface area (Å²) in [7, 11) is -1.71. The van der Waals surface area contributed by atoms with Gasteiger partial charge in [-0.2, -0.15) is 5.10 Å². The lowest BCUT2D eigenvalue weighted by atomic mass is 9.88. The summed E-state index contributed by atoms with van der Waals surface area (Å²) in [6, 6.07) is 0. The molecule has 0 spiro atoms. The molecule has 2 fully saturated rings. The van der Waals surface area contributed by atoms with Gasteiger partial charge in [0.05, 0.1) is 6.26 Å². The lowest BCUT2D eigenvalue weighted by Gasteiger charge is -2.43. The van der Waals surface area contributed by atoms with Gasteiger partial charge >= 0.3 is 0 Å². The van der Waals surface area contributed by atoms with Crippen LogP contribution in [0.4, 0.5) is 0 Å². The summed E-state index contributed by atoms with van der Waals surface area (Å²) < 4.78 is 30.5. The quantitative estimate of drug-likeness (QED) is 0.632. The largest absolute Gasteiger partial charge is 0.483 e. The molecule has 1 aromatic heterocycles. The number of aromatic amines is 1. The Morgan fingerprint density at radius 2 is 1.97 bits per heavy atom. The smallest absolute Gasteiger partial charge is 0.290 e. The fourth-order valence-corrected chi connectivity index (χ4v) is 4.73. The highest BCUT2D eigenvalue weighted by Gasteiger charge is 2.46. The van der Waals surface area contributed by atoms with Crippen molar-refractivity contribution in [2.75, 3.05) is 39.5 Å². The van der Waals surface area contributed by atoms with Gasteiger partial charge in [0.15, 0.2) is 5.82 Å². The molecule has 3 heterocycles. The maximum Gasteiger partial charge on any atom is 0.290 e. The molecule has 2 saturated heterocycles. The van der Waals surface area contributed by atoms with Crippen LogP contribution in [0.3, 0.4) is 0 Å². The summed E-state index contributed by atoms with van der Waals surface area (Å²) in [6.45, 7) is 3.46. The number of hydrogen-bond acceptors (Lipinski definition) is 7. The Labute approximate surface area is 170 Å². The molecule has 2 N–H and O–H groups in total. The molecule has 29 heavy (non-hydrogen) atoms. The Morgan fingerprint density at radius 1 is 1.34 bits per heavy atom. The van der Waals surface area contributed by atoms with Crippen LogP contribution >= 0.6 is 0 Å². The predicted octanol–water partition coefficient (Wildman–Crippen LogP) is -0.0395. The molecule has 1 aromatic rings. The standard InChI is InChI=1S/C16H27N5O4S.CH2O2/c1-12-17-14(19-18-12)13-5-4-8-20(11-13)15(22)16(25-2)6-9-21(10-7-16)26(3,23)24;2-1-3/h13H,4-11H2,1-3H3,(H,17,18,19);1H,(H,2,3). The van der Waals surface area contributed by atoms with Crippen molar-refractivity contribution in [3.63, 3.8) is 0 Å². The van der Waals surface area contributed by atoms with Crippen molar-refractivity contribution in [2.24, 2.45) is 0 Å². The molecule has 3 rings (SSSR count). The minimum Gasteiger partial charge on any atom is -0.483 e. The van der Waals surface area contributed by atoms with Crippen LogP contribution in [0.1, 0.15) is 43.3 Å². The van der Waals surface area contributed by atoms with E-state index in [1.54, 1.807) is 0 Å². The monoisotopic (exact) mass is 431 g/mol. The zero-order chi connectivity index (χ0) is 21.7. The number of likely N-dealkylation sites (tertiary alicyclic amines) is 1. The number of aromatic nitrogens is 3. The third-order valence-electron chi connectivity index (χ3n) is 5.47. The minimum atomic E-state index is -3.24. The van der Waals surface area contributed by atoms with Gasteiger partial charge in [0, 0.05) is 39.2 Å². The molecule has 12 heteroatoms. The van der Waals surface area contributed by atoms with Gasteiger partial charge in [0.1, 0.15) is 11.4 Å². The Balaban J connectivity index is 0.000000941. The highest BCUT2D eigenvalue weighted by molar-refractivity contribution is 7.88. The maximum absolute atomic E-state index is 13.2. The molecule has 1 atom stereocenters. The average molecular weight is 432 g/mol. The van der Waals surface area contributed by atoms with Crippen LogP contribution in [0.2, 0.25) is 0 Å². The van der Waals surface area contributed by atoms with Gasteiger partial charge in [0.2, 0.25) is 10.0 Å². The number of carbonyl (C=O) groups excluding carboxylic acids is 1. The van der Waals surface area contributed by atoms with E-state index in [0.29, 0.717) is 39.0 Å². The summed E-state index contributed by atoms with van der Waals surface area (Å²) in [6.07, 6.45) is 3.78. The first-order chi connectivity index (χ1) is 13.7. The molecule has 2 aliphatic heterocycles. The fraction of sp³-hybridized carbons (Fsp3) is 0.765. The molecule has 2 aliphatic rings. The molecule has 0 radical (unpaired) electrons. The molecule has 1 unspecified atom stereocenters. The molecule has 164 valence electrons. The van der Waals surface area contributed by atoms with E-state index < -0.39 is 15.6 Å². The lowest BCUT2D eigenvalue weighted by molar-refractivity contribution is -0.161. The molecular formula is C17H29N5O6S. The Bertz CT molecular complexity index is 803. The van der Waals surface area contributed by atoms with E-state index >= 15 is 0 Å². The van der Waals surface area contributed by atoms with Crippen molar-refractivity contribution in [1.82, 2.24) is 24.4 Å². The van der Waals surface area contributed by atoms with Gasteiger partial charge in [-0.3, -0.25) is 14.7 Å². The number of piperidine rings is 2. The number of amides is 1. The second-order valence-electron chi connectivity index (χ2n) is 7.34. The summed E-state index contributed by atoms with van der Waals surface area (Å²) in [5.74, 6) is 1.58. The summed E-state index contributed by atoms with van der Waals surface area (Å²) >= 11 is 0. The van der Waals surface area contributed by atoms with Crippen molar-refractivity contribution in [3.05, 3.63) is 11.6 Å². The van der Waals surface area contributed by atoms with Crippen LogP contribution in [-0.4, -0.2) is 95.4 Å². The lowest BCUT2D eigenvalue weighted by Crippen LogP contribution is -2.58. The molecule has 0 aromatic carbocycles. The highest BCUT2D eigenvalue weighted by atomic mass is 32.2. The van der Waals surface area contributed by atoms with Crippen LogP contribution in [0.5, 0.6) is 0 Å². The van der Waals surface area contributed by atoms with Gasteiger partial charge < -0.3 is 14.7 Å². The number of methoxy groups -OCH3 is 1. The van der Waals surface area contributed by atoms with E-state index in [1.165, 1.54) is 17.7 Å². The van der Waals surface area contributed by atoms with E-state index in [0.717, 1.165) is 24.5 Å². The Kier molecular flexibility index (Phi) is 7.72. The molecule has 1 amide bonds. The van der Waals surface area contributed by atoms with E-state index in [2.05, 4.69) is 15.2 Å². The number of rotatable bonds is 4. The van der Waals surface area contributed by atoms with Gasteiger partial charge in [0.25, 0.3) is 12.4 Å². The van der Waals surface area contributed by atoms with Gasteiger partial charge in [-0.15, -0.1) is 0 Å². The van der Waals surface area contributed by atoms with Gasteiger partial charge in [-0.25, -0.2) is 17.7 Å². The number of aryl methyl sites for hydroxylation is 1. The van der Waals surface area contributed by atoms with E-state index in [1.807, 2.05) is 11.8 Å². The van der Waals surface area contributed by atoms with E-state index in [-0.39, 0.29) is 18.3 Å². The van der Waals surface area contributed by atoms with Crippen LogP contribution in [-0.2, 0) is 24.3 Å². The first-order valence-electron chi connectivity index (χ1n) is 9.43. The number of nitrogens with one attached hydrogen (secondary N) is 1. The molecule has 11 nitrogen and oxygen atoms in total. The second-order valence-corrected chi connectivity index (χ2v) is 9.32. The molecule has 0 saturated carbocycles. The van der Waals surface area contributed by atoms with Crippen LogP contribution < -0.4 is 0 Å². The van der Waals surface area contributed by atoms with E-state index in [4.69, 9.17) is 14.6 Å². The fourth-order valence-electron chi connectivity index (χ4n) is 3.89. The number of nitrogens with zero attached hydrogens (tertiary/aromatic N) is 4. The first kappa shape index (κ1) is 23.2. The topological polar surface area (TPSA) is 146 Å². The van der Waals surface area contributed by atoms with Crippen LogP contribution in [0, 0.1) is 6.92 Å². The number of carboxylic acid groups (broad SMARTS) is 1. The van der Waals surface area contributed by atoms with Crippen molar-refractivity contribution in [3.8, 4) is 0 Å². The summed E-state index contributed by atoms with van der Waals surface area (Å²) in [5.41, 5.74) is -0.946. The molecule has 0 aliphatic carbocycles. The Hall–Kier alpha value is -2.05. The normalized spacial score (nSPS) is 22.4. The highest BCUT2D eigenvalue weighted by Crippen LogP contribution is 2.32. The zero-order valence-corrected chi connectivity index (χ0v) is 17.8. The SMILES string of the molecule is COC1(C(=O)N2CCCC(c3n[nH]c(C)n3)C2)CCN(S(C)(=O)=O)CC1.O=CO. The van der Waals surface area contributed by atoms with E-state index in [9.17, 15) is 13.2 Å². The van der Waals surface area contributed by atoms with Crippen LogP contribution in [0.25, 0.3) is 0 Å². The zero-order valence-electron chi connectivity index (χ0n) is 17.0. The predicted molar refractivity (Wildman–Crippen MR) is 104 cm³/mol. The van der Waals surface area contributed by atoms with Crippen molar-refractivity contribution < 1.29 is 27.9 Å². The third-order valence-corrected chi connectivity index (χ3v) is 6.77. The van der Waals surface area contributed by atoms with Crippen molar-refractivity contribution in [1.29, 1.82) is 0 Å². The third kappa shape index (κ3) is 5.52. The number of ether oxygens (including phenoxy) is 1. The number of sulfonamides is 1. The maximum atomic E-state index is 13.2. The average Bonchev–Trinajstić information content (AvgIpc) is 3.14. The van der Waals surface area contributed by atoms with Crippen LogP contribution in [0.15, 0.2) is 0 Å². The van der Waals surface area contributed by atoms with Gasteiger partial charge in [-0.1, -0.05) is 0 Å². The molecular weight excluding hydrogens is 402 g/mol. The number of H-pyrrole nitrogens is 1. The molecule has 0 bridgehead atoms. The first-order valence-corrected chi connectivity index (χ1v) is 11.3. The minimum absolute atomic E-state index is 0.0508.